The van der Waals surface area contributed by atoms with Crippen molar-refractivity contribution in [3.05, 3.63) is 72.4 Å². The summed E-state index contributed by atoms with van der Waals surface area (Å²) in [6, 6.07) is 15.8. The van der Waals surface area contributed by atoms with Gasteiger partial charge in [0, 0.05) is 43.5 Å². The van der Waals surface area contributed by atoms with Gasteiger partial charge in [-0.25, -0.2) is 24.7 Å². The summed E-state index contributed by atoms with van der Waals surface area (Å²) in [4.78, 5) is 32.8. The normalized spacial score (nSPS) is 15.6. The van der Waals surface area contributed by atoms with Crippen LogP contribution in [0.3, 0.4) is 0 Å². The lowest BCUT2D eigenvalue weighted by Gasteiger charge is -2.34. The van der Waals surface area contributed by atoms with Gasteiger partial charge < -0.3 is 24.3 Å². The predicted octanol–water partition coefficient (Wildman–Crippen LogP) is 6.87. The fraction of sp³-hybridized carbons (Fsp3) is 0.344. The van der Waals surface area contributed by atoms with Gasteiger partial charge in [-0.3, -0.25) is 0 Å². The monoisotopic (exact) mass is 565 g/mol. The van der Waals surface area contributed by atoms with E-state index in [0.29, 0.717) is 24.4 Å². The van der Waals surface area contributed by atoms with Gasteiger partial charge in [-0.05, 0) is 88.6 Å². The Kier molecular flexibility index (Phi) is 7.14. The number of rotatable bonds is 5. The van der Waals surface area contributed by atoms with Crippen molar-refractivity contribution >= 4 is 39.7 Å². The number of pyridine rings is 1. The number of likely N-dealkylation sites (tertiary alicyclic amines) is 1. The van der Waals surface area contributed by atoms with Gasteiger partial charge in [-0.15, -0.1) is 0 Å². The number of imidazole rings is 1. The topological polar surface area (TPSA) is 107 Å². The standard InChI is InChI=1S/C32H35N7O3/c1-20-15-22(8-13-28(20)41-23-9-12-27-26(16-23)35-19-38(27)5)36-30-29-25(33-18-34-30)11-10-24(37-29)21-7-6-14-39(17-21)31(40)42-32(2,3)4/h8-13,15-16,18-19,21H,6-7,14,17H2,1-5H3,(H,33,34,36). The molecule has 1 aliphatic rings. The van der Waals surface area contributed by atoms with E-state index in [1.807, 2.05) is 87.8 Å². The minimum Gasteiger partial charge on any atom is -0.457 e. The van der Waals surface area contributed by atoms with E-state index < -0.39 is 5.60 Å². The highest BCUT2D eigenvalue weighted by atomic mass is 16.6. The highest BCUT2D eigenvalue weighted by Crippen LogP contribution is 2.32. The first kappa shape index (κ1) is 27.4. The van der Waals surface area contributed by atoms with Crippen LogP contribution in [-0.2, 0) is 11.8 Å². The van der Waals surface area contributed by atoms with Gasteiger partial charge in [0.15, 0.2) is 5.82 Å². The summed E-state index contributed by atoms with van der Waals surface area (Å²) in [6.07, 6.45) is 4.89. The Morgan fingerprint density at radius 3 is 2.69 bits per heavy atom. The van der Waals surface area contributed by atoms with Crippen LogP contribution in [0.1, 0.15) is 50.8 Å². The van der Waals surface area contributed by atoms with Crippen molar-refractivity contribution in [3.63, 3.8) is 0 Å². The van der Waals surface area contributed by atoms with Crippen LogP contribution in [0.2, 0.25) is 0 Å². The molecule has 1 aliphatic heterocycles. The second-order valence-corrected chi connectivity index (χ2v) is 11.8. The molecule has 10 heteroatoms. The van der Waals surface area contributed by atoms with Crippen LogP contribution in [0.25, 0.3) is 22.1 Å². The van der Waals surface area contributed by atoms with Gasteiger partial charge in [0.1, 0.15) is 28.9 Å². The third kappa shape index (κ3) is 5.83. The molecule has 1 unspecified atom stereocenters. The molecule has 216 valence electrons. The number of aryl methyl sites for hydroxylation is 2. The van der Waals surface area contributed by atoms with Gasteiger partial charge >= 0.3 is 6.09 Å². The molecule has 1 N–H and O–H groups in total. The number of amides is 1. The number of benzene rings is 2. The van der Waals surface area contributed by atoms with Crippen LogP contribution in [0.5, 0.6) is 11.5 Å². The summed E-state index contributed by atoms with van der Waals surface area (Å²) < 4.78 is 13.8. The first-order valence-electron chi connectivity index (χ1n) is 14.2. The van der Waals surface area contributed by atoms with Crippen molar-refractivity contribution in [2.45, 2.75) is 52.1 Å². The van der Waals surface area contributed by atoms with Crippen molar-refractivity contribution < 1.29 is 14.3 Å². The molecule has 6 rings (SSSR count). The minimum absolute atomic E-state index is 0.104. The summed E-state index contributed by atoms with van der Waals surface area (Å²) in [5.74, 6) is 2.22. The quantitative estimate of drug-likeness (QED) is 0.246. The molecule has 3 aromatic heterocycles. The lowest BCUT2D eigenvalue weighted by molar-refractivity contribution is 0.0197. The highest BCUT2D eigenvalue weighted by Gasteiger charge is 2.29. The van der Waals surface area contributed by atoms with Crippen LogP contribution >= 0.6 is 0 Å². The van der Waals surface area contributed by atoms with E-state index in [2.05, 4.69) is 20.3 Å². The number of nitrogens with zero attached hydrogens (tertiary/aromatic N) is 6. The van der Waals surface area contributed by atoms with Crippen molar-refractivity contribution in [2.24, 2.45) is 7.05 Å². The molecule has 42 heavy (non-hydrogen) atoms. The average Bonchev–Trinajstić information content (AvgIpc) is 3.33. The molecule has 1 saturated heterocycles. The first-order chi connectivity index (χ1) is 20.1. The number of piperidine rings is 1. The SMILES string of the molecule is Cc1cc(Nc2ncnc3ccc(C4CCCN(C(=O)OC(C)(C)C)C4)nc23)ccc1Oc1ccc2c(c1)ncn2C. The Balaban J connectivity index is 1.20. The van der Waals surface area contributed by atoms with Crippen LogP contribution in [0, 0.1) is 6.92 Å². The highest BCUT2D eigenvalue weighted by molar-refractivity contribution is 5.87. The smallest absolute Gasteiger partial charge is 0.410 e. The molecule has 0 radical (unpaired) electrons. The second-order valence-electron chi connectivity index (χ2n) is 11.8. The Labute approximate surface area is 244 Å². The van der Waals surface area contributed by atoms with E-state index in [4.69, 9.17) is 14.5 Å². The van der Waals surface area contributed by atoms with Gasteiger partial charge in [0.2, 0.25) is 0 Å². The largest absolute Gasteiger partial charge is 0.457 e. The van der Waals surface area contributed by atoms with Gasteiger partial charge in [0.05, 0.1) is 22.9 Å². The minimum atomic E-state index is -0.528. The maximum Gasteiger partial charge on any atom is 0.410 e. The third-order valence-corrected chi connectivity index (χ3v) is 7.36. The molecule has 0 aliphatic carbocycles. The molecular weight excluding hydrogens is 530 g/mol. The molecule has 0 spiro atoms. The maximum atomic E-state index is 12.7. The second kappa shape index (κ2) is 10.9. The summed E-state index contributed by atoms with van der Waals surface area (Å²) in [5.41, 5.74) is 5.59. The van der Waals surface area contributed by atoms with Crippen LogP contribution in [0.4, 0.5) is 16.3 Å². The van der Waals surface area contributed by atoms with Crippen molar-refractivity contribution in [3.8, 4) is 11.5 Å². The van der Waals surface area contributed by atoms with E-state index in [-0.39, 0.29) is 12.0 Å². The fourth-order valence-corrected chi connectivity index (χ4v) is 5.27. The molecule has 4 heterocycles. The van der Waals surface area contributed by atoms with Crippen LogP contribution in [0.15, 0.2) is 61.2 Å². The van der Waals surface area contributed by atoms with Crippen molar-refractivity contribution in [1.29, 1.82) is 0 Å². The number of carbonyl (C=O) groups excluding carboxylic acids is 1. The maximum absolute atomic E-state index is 12.7. The predicted molar refractivity (Wildman–Crippen MR) is 162 cm³/mol. The van der Waals surface area contributed by atoms with Crippen molar-refractivity contribution in [2.75, 3.05) is 18.4 Å². The molecule has 1 atom stereocenters. The van der Waals surface area contributed by atoms with E-state index >= 15 is 0 Å². The van der Waals surface area contributed by atoms with E-state index in [0.717, 1.165) is 57.8 Å². The number of anilines is 2. The first-order valence-corrected chi connectivity index (χ1v) is 14.2. The lowest BCUT2D eigenvalue weighted by atomic mass is 9.94. The summed E-state index contributed by atoms with van der Waals surface area (Å²) in [7, 11) is 1.97. The van der Waals surface area contributed by atoms with Crippen molar-refractivity contribution in [1.82, 2.24) is 29.4 Å². The zero-order chi connectivity index (χ0) is 29.4. The third-order valence-electron chi connectivity index (χ3n) is 7.36. The molecule has 1 fully saturated rings. The number of aromatic nitrogens is 5. The molecule has 5 aromatic rings. The van der Waals surface area contributed by atoms with E-state index in [1.165, 1.54) is 6.33 Å². The lowest BCUT2D eigenvalue weighted by Crippen LogP contribution is -2.42. The Morgan fingerprint density at radius 2 is 1.88 bits per heavy atom. The van der Waals surface area contributed by atoms with E-state index in [9.17, 15) is 4.79 Å². The Hall–Kier alpha value is -4.73. The van der Waals surface area contributed by atoms with Gasteiger partial charge in [-0.1, -0.05) is 0 Å². The molecule has 0 saturated carbocycles. The van der Waals surface area contributed by atoms with E-state index in [1.54, 1.807) is 11.2 Å². The number of nitrogens with one attached hydrogen (secondary N) is 1. The number of carbonyl (C=O) groups is 1. The average molecular weight is 566 g/mol. The Bertz CT molecular complexity index is 1780. The molecule has 10 nitrogen and oxygen atoms in total. The fourth-order valence-electron chi connectivity index (χ4n) is 5.27. The zero-order valence-electron chi connectivity index (χ0n) is 24.6. The number of hydrogen-bond donors (Lipinski definition) is 1. The molecule has 0 bridgehead atoms. The molecule has 2 aromatic carbocycles. The number of fused-ring (bicyclic) bond motifs is 2. The van der Waals surface area contributed by atoms with Crippen LogP contribution in [-0.4, -0.2) is 54.2 Å². The van der Waals surface area contributed by atoms with Crippen LogP contribution < -0.4 is 10.1 Å². The summed E-state index contributed by atoms with van der Waals surface area (Å²) in [6.45, 7) is 8.92. The summed E-state index contributed by atoms with van der Waals surface area (Å²) >= 11 is 0. The molecule has 1 amide bonds. The molecular formula is C32H35N7O3. The van der Waals surface area contributed by atoms with Gasteiger partial charge in [0.25, 0.3) is 0 Å². The number of ether oxygens (including phenoxy) is 2. The zero-order valence-corrected chi connectivity index (χ0v) is 24.6. The summed E-state index contributed by atoms with van der Waals surface area (Å²) in [5, 5.41) is 3.42. The number of hydrogen-bond acceptors (Lipinski definition) is 8. The Morgan fingerprint density at radius 1 is 1.02 bits per heavy atom. The van der Waals surface area contributed by atoms with Gasteiger partial charge in [-0.2, -0.15) is 0 Å².